The van der Waals surface area contributed by atoms with Gasteiger partial charge in [0.05, 0.1) is 24.9 Å². The lowest BCUT2D eigenvalue weighted by atomic mass is 10.2. The summed E-state index contributed by atoms with van der Waals surface area (Å²) in [7, 11) is 1.55. The number of methoxy groups -OCH3 is 1. The van der Waals surface area contributed by atoms with E-state index in [0.29, 0.717) is 46.4 Å². The van der Waals surface area contributed by atoms with Crippen molar-refractivity contribution in [2.75, 3.05) is 25.6 Å². The zero-order valence-corrected chi connectivity index (χ0v) is 14.9. The number of hydrogen-bond donors (Lipinski definition) is 2. The van der Waals surface area contributed by atoms with E-state index in [1.54, 1.807) is 31.4 Å². The van der Waals surface area contributed by atoms with Crippen LogP contribution in [0.4, 0.5) is 15.9 Å². The Bertz CT molecular complexity index is 923. The first kappa shape index (κ1) is 18.2. The maximum atomic E-state index is 14.1. The number of nitrogens with zero attached hydrogens (tertiary/aromatic N) is 2. The molecule has 0 fully saturated rings. The quantitative estimate of drug-likeness (QED) is 0.608. The summed E-state index contributed by atoms with van der Waals surface area (Å²) in [5, 5.41) is 3.96. The molecule has 0 bridgehead atoms. The van der Waals surface area contributed by atoms with Gasteiger partial charge >= 0.3 is 0 Å². The lowest BCUT2D eigenvalue weighted by molar-refractivity contribution is 0.292. The second-order valence-electron chi connectivity index (χ2n) is 5.48. The van der Waals surface area contributed by atoms with Gasteiger partial charge in [-0.15, -0.1) is 0 Å². The second-order valence-corrected chi connectivity index (χ2v) is 5.92. The van der Waals surface area contributed by atoms with Gasteiger partial charge in [0, 0.05) is 16.5 Å². The van der Waals surface area contributed by atoms with Crippen LogP contribution in [0.5, 0.6) is 11.5 Å². The molecule has 8 heteroatoms. The van der Waals surface area contributed by atoms with Crippen molar-refractivity contribution in [2.45, 2.75) is 6.42 Å². The highest BCUT2D eigenvalue weighted by atomic mass is 35.5. The Kier molecular flexibility index (Phi) is 5.70. The van der Waals surface area contributed by atoms with E-state index in [0.717, 1.165) is 6.42 Å². The molecule has 136 valence electrons. The van der Waals surface area contributed by atoms with Crippen molar-refractivity contribution in [3.05, 3.63) is 47.5 Å². The third-order valence-electron chi connectivity index (χ3n) is 3.71. The highest BCUT2D eigenvalue weighted by Gasteiger charge is 2.13. The molecule has 0 spiro atoms. The van der Waals surface area contributed by atoms with Crippen LogP contribution in [0.15, 0.2) is 36.7 Å². The predicted molar refractivity (Wildman–Crippen MR) is 99.9 cm³/mol. The largest absolute Gasteiger partial charge is 0.493 e. The Morgan fingerprint density at radius 2 is 2.04 bits per heavy atom. The van der Waals surface area contributed by atoms with Crippen molar-refractivity contribution >= 4 is 34.0 Å². The summed E-state index contributed by atoms with van der Waals surface area (Å²) in [6.45, 7) is 1.02. The minimum absolute atomic E-state index is 0.261. The van der Waals surface area contributed by atoms with E-state index in [1.165, 1.54) is 12.4 Å². The summed E-state index contributed by atoms with van der Waals surface area (Å²) >= 11 is 5.79. The van der Waals surface area contributed by atoms with Crippen molar-refractivity contribution < 1.29 is 13.9 Å². The highest BCUT2D eigenvalue weighted by Crippen LogP contribution is 2.35. The summed E-state index contributed by atoms with van der Waals surface area (Å²) < 4.78 is 25.2. The van der Waals surface area contributed by atoms with Crippen molar-refractivity contribution in [1.82, 2.24) is 9.97 Å². The number of fused-ring (bicyclic) bond motifs is 1. The van der Waals surface area contributed by atoms with E-state index in [4.69, 9.17) is 26.8 Å². The number of nitrogens with two attached hydrogens (primary N) is 1. The molecule has 0 unspecified atom stereocenters. The van der Waals surface area contributed by atoms with Crippen LogP contribution in [0, 0.1) is 5.82 Å². The molecule has 3 aromatic rings. The fourth-order valence-electron chi connectivity index (χ4n) is 2.42. The molecule has 0 saturated carbocycles. The van der Waals surface area contributed by atoms with Crippen LogP contribution in [-0.2, 0) is 0 Å². The standard InChI is InChI=1S/C18H18ClFN4O2/c1-25-16-8-12-15(9-17(16)26-6-2-5-21)22-10-23-18(12)24-14-4-3-11(19)7-13(14)20/h3-4,7-10H,2,5-6,21H2,1H3,(H,22,23,24). The number of nitrogens with one attached hydrogen (secondary N) is 1. The number of ether oxygens (including phenoxy) is 2. The summed E-state index contributed by atoms with van der Waals surface area (Å²) in [6, 6.07) is 7.89. The molecule has 3 rings (SSSR count). The van der Waals surface area contributed by atoms with Crippen molar-refractivity contribution in [3.63, 3.8) is 0 Å². The molecule has 0 aliphatic heterocycles. The first-order chi connectivity index (χ1) is 12.6. The molecule has 1 aromatic heterocycles. The van der Waals surface area contributed by atoms with Gasteiger partial charge in [-0.1, -0.05) is 11.6 Å². The lowest BCUT2D eigenvalue weighted by Gasteiger charge is -2.14. The van der Waals surface area contributed by atoms with Gasteiger partial charge in [0.1, 0.15) is 18.0 Å². The maximum absolute atomic E-state index is 14.1. The van der Waals surface area contributed by atoms with Gasteiger partial charge in [0.2, 0.25) is 0 Å². The van der Waals surface area contributed by atoms with E-state index in [9.17, 15) is 4.39 Å². The van der Waals surface area contributed by atoms with Crippen molar-refractivity contribution in [1.29, 1.82) is 0 Å². The number of hydrogen-bond acceptors (Lipinski definition) is 6. The van der Waals surface area contributed by atoms with Crippen LogP contribution in [0.25, 0.3) is 10.9 Å². The Hall–Kier alpha value is -2.64. The molecule has 26 heavy (non-hydrogen) atoms. The van der Waals surface area contributed by atoms with Crippen molar-refractivity contribution in [2.24, 2.45) is 5.73 Å². The molecule has 3 N–H and O–H groups in total. The molecule has 0 saturated heterocycles. The molecule has 2 aromatic carbocycles. The average Bonchev–Trinajstić information content (AvgIpc) is 2.64. The monoisotopic (exact) mass is 376 g/mol. The molecule has 0 aliphatic carbocycles. The number of rotatable bonds is 7. The predicted octanol–water partition coefficient (Wildman–Crippen LogP) is 3.90. The average molecular weight is 377 g/mol. The minimum atomic E-state index is -0.474. The summed E-state index contributed by atoms with van der Waals surface area (Å²) in [5.41, 5.74) is 6.39. The fourth-order valence-corrected chi connectivity index (χ4v) is 2.58. The van der Waals surface area contributed by atoms with Crippen LogP contribution < -0.4 is 20.5 Å². The smallest absolute Gasteiger partial charge is 0.163 e. The van der Waals surface area contributed by atoms with Gasteiger partial charge in [-0.2, -0.15) is 0 Å². The Labute approximate surface area is 155 Å². The number of halogens is 2. The molecule has 0 amide bonds. The van der Waals surface area contributed by atoms with Crippen LogP contribution >= 0.6 is 11.6 Å². The number of benzene rings is 2. The zero-order valence-electron chi connectivity index (χ0n) is 14.1. The summed E-state index contributed by atoms with van der Waals surface area (Å²) in [5.74, 6) is 1.07. The van der Waals surface area contributed by atoms with Gasteiger partial charge in [0.25, 0.3) is 0 Å². The van der Waals surface area contributed by atoms with Gasteiger partial charge in [0.15, 0.2) is 11.5 Å². The molecule has 6 nitrogen and oxygen atoms in total. The zero-order chi connectivity index (χ0) is 18.5. The Morgan fingerprint density at radius 3 is 2.77 bits per heavy atom. The topological polar surface area (TPSA) is 82.3 Å². The SMILES string of the molecule is COc1cc2c(Nc3ccc(Cl)cc3F)ncnc2cc1OCCCN. The van der Waals surface area contributed by atoms with Crippen LogP contribution in [0.1, 0.15) is 6.42 Å². The van der Waals surface area contributed by atoms with Crippen LogP contribution in [0.2, 0.25) is 5.02 Å². The summed E-state index contributed by atoms with van der Waals surface area (Å²) in [4.78, 5) is 8.47. The van der Waals surface area contributed by atoms with E-state index in [-0.39, 0.29) is 5.69 Å². The first-order valence-electron chi connectivity index (χ1n) is 8.00. The van der Waals surface area contributed by atoms with E-state index >= 15 is 0 Å². The second kappa shape index (κ2) is 8.16. The van der Waals surface area contributed by atoms with Crippen molar-refractivity contribution in [3.8, 4) is 11.5 Å². The van der Waals surface area contributed by atoms with Gasteiger partial charge in [-0.25, -0.2) is 14.4 Å². The summed E-state index contributed by atoms with van der Waals surface area (Å²) in [6.07, 6.45) is 2.13. The molecule has 1 heterocycles. The molecule has 0 aliphatic rings. The van der Waals surface area contributed by atoms with Crippen LogP contribution in [-0.4, -0.2) is 30.2 Å². The van der Waals surface area contributed by atoms with E-state index in [1.807, 2.05) is 0 Å². The Balaban J connectivity index is 1.98. The fraction of sp³-hybridized carbons (Fsp3) is 0.222. The number of aromatic nitrogens is 2. The highest BCUT2D eigenvalue weighted by molar-refractivity contribution is 6.30. The van der Waals surface area contributed by atoms with E-state index in [2.05, 4.69) is 15.3 Å². The maximum Gasteiger partial charge on any atom is 0.163 e. The first-order valence-corrected chi connectivity index (χ1v) is 8.38. The van der Waals surface area contributed by atoms with E-state index < -0.39 is 5.82 Å². The van der Waals surface area contributed by atoms with Gasteiger partial charge in [-0.3, -0.25) is 0 Å². The van der Waals surface area contributed by atoms with Gasteiger partial charge < -0.3 is 20.5 Å². The molecule has 0 radical (unpaired) electrons. The lowest BCUT2D eigenvalue weighted by Crippen LogP contribution is -2.07. The molecule has 0 atom stereocenters. The number of anilines is 2. The minimum Gasteiger partial charge on any atom is -0.493 e. The third kappa shape index (κ3) is 3.95. The molecular formula is C18H18ClFN4O2. The normalized spacial score (nSPS) is 10.8. The van der Waals surface area contributed by atoms with Gasteiger partial charge in [-0.05, 0) is 37.2 Å². The Morgan fingerprint density at radius 1 is 1.19 bits per heavy atom. The van der Waals surface area contributed by atoms with Crippen LogP contribution in [0.3, 0.4) is 0 Å². The molecular weight excluding hydrogens is 359 g/mol. The third-order valence-corrected chi connectivity index (χ3v) is 3.95.